The quantitative estimate of drug-likeness (QED) is 0.709. The molecule has 1 heterocycles. The number of hydrogen-bond donors (Lipinski definition) is 2. The molecule has 28 heavy (non-hydrogen) atoms. The number of primary sulfonamides is 1. The predicted molar refractivity (Wildman–Crippen MR) is 105 cm³/mol. The Morgan fingerprint density at radius 3 is 2.32 bits per heavy atom. The first-order valence-corrected chi connectivity index (χ1v) is 11.6. The maximum Gasteiger partial charge on any atom is 0.240 e. The van der Waals surface area contributed by atoms with Gasteiger partial charge >= 0.3 is 0 Å². The van der Waals surface area contributed by atoms with Crippen LogP contribution in [0.3, 0.4) is 0 Å². The second-order valence-electron chi connectivity index (χ2n) is 6.55. The third kappa shape index (κ3) is 4.41. The van der Waals surface area contributed by atoms with Gasteiger partial charge in [-0.1, -0.05) is 12.1 Å². The molecular formula is C18H21N3O5S2. The van der Waals surface area contributed by atoms with Crippen molar-refractivity contribution in [3.8, 4) is 0 Å². The number of rotatable bonds is 6. The second-order valence-corrected chi connectivity index (χ2v) is 9.88. The normalized spacial score (nSPS) is 14.1. The molecule has 10 heteroatoms. The number of anilines is 1. The fourth-order valence-electron chi connectivity index (χ4n) is 3.13. The molecule has 0 bridgehead atoms. The van der Waals surface area contributed by atoms with Crippen LogP contribution in [0.2, 0.25) is 0 Å². The van der Waals surface area contributed by atoms with Gasteiger partial charge in [0.15, 0.2) is 0 Å². The molecule has 0 radical (unpaired) electrons. The molecule has 0 spiro atoms. The SMILES string of the molecule is CC(=O)N1CCc2cc(S(=O)(=O)NCCc3ccc(S(N)(=O)=O)cc3)ccc21. The van der Waals surface area contributed by atoms with Gasteiger partial charge < -0.3 is 4.90 Å². The smallest absolute Gasteiger partial charge is 0.240 e. The number of carbonyl (C=O) groups is 1. The van der Waals surface area contributed by atoms with Crippen molar-refractivity contribution >= 4 is 31.6 Å². The van der Waals surface area contributed by atoms with Gasteiger partial charge in [-0.15, -0.1) is 0 Å². The third-order valence-electron chi connectivity index (χ3n) is 4.59. The van der Waals surface area contributed by atoms with Gasteiger partial charge in [0.1, 0.15) is 0 Å². The van der Waals surface area contributed by atoms with E-state index >= 15 is 0 Å². The van der Waals surface area contributed by atoms with Crippen LogP contribution in [0.5, 0.6) is 0 Å². The Labute approximate surface area is 164 Å². The average Bonchev–Trinajstić information content (AvgIpc) is 3.04. The zero-order valence-electron chi connectivity index (χ0n) is 15.3. The lowest BCUT2D eigenvalue weighted by Crippen LogP contribution is -2.26. The van der Waals surface area contributed by atoms with Crippen molar-refractivity contribution < 1.29 is 21.6 Å². The van der Waals surface area contributed by atoms with E-state index in [-0.39, 0.29) is 22.2 Å². The number of fused-ring (bicyclic) bond motifs is 1. The van der Waals surface area contributed by atoms with Crippen LogP contribution in [0.15, 0.2) is 52.3 Å². The molecule has 1 aliphatic heterocycles. The summed E-state index contributed by atoms with van der Waals surface area (Å²) >= 11 is 0. The highest BCUT2D eigenvalue weighted by Gasteiger charge is 2.24. The van der Waals surface area contributed by atoms with Crippen molar-refractivity contribution in [1.82, 2.24) is 4.72 Å². The van der Waals surface area contributed by atoms with E-state index in [1.165, 1.54) is 25.1 Å². The van der Waals surface area contributed by atoms with Gasteiger partial charge in [-0.3, -0.25) is 4.79 Å². The largest absolute Gasteiger partial charge is 0.312 e. The van der Waals surface area contributed by atoms with E-state index in [1.54, 1.807) is 29.2 Å². The number of nitrogens with zero attached hydrogens (tertiary/aromatic N) is 1. The number of sulfonamides is 2. The Bertz CT molecular complexity index is 1110. The van der Waals surface area contributed by atoms with E-state index < -0.39 is 20.0 Å². The Balaban J connectivity index is 1.66. The summed E-state index contributed by atoms with van der Waals surface area (Å²) in [7, 11) is -7.44. The third-order valence-corrected chi connectivity index (χ3v) is 6.98. The summed E-state index contributed by atoms with van der Waals surface area (Å²) in [6.45, 7) is 2.20. The molecule has 0 aromatic heterocycles. The molecule has 1 aliphatic rings. The lowest BCUT2D eigenvalue weighted by molar-refractivity contribution is -0.116. The Morgan fingerprint density at radius 2 is 1.71 bits per heavy atom. The Morgan fingerprint density at radius 1 is 1.07 bits per heavy atom. The van der Waals surface area contributed by atoms with Crippen LogP contribution in [-0.4, -0.2) is 35.8 Å². The van der Waals surface area contributed by atoms with Crippen molar-refractivity contribution in [1.29, 1.82) is 0 Å². The molecule has 1 amide bonds. The predicted octanol–water partition coefficient (Wildman–Crippen LogP) is 0.764. The number of hydrogen-bond acceptors (Lipinski definition) is 5. The summed E-state index contributed by atoms with van der Waals surface area (Å²) in [5.41, 5.74) is 2.36. The fourth-order valence-corrected chi connectivity index (χ4v) is 4.73. The Kier molecular flexibility index (Phi) is 5.57. The monoisotopic (exact) mass is 423 g/mol. The minimum atomic E-state index is -3.75. The van der Waals surface area contributed by atoms with Gasteiger partial charge in [-0.25, -0.2) is 26.7 Å². The van der Waals surface area contributed by atoms with Gasteiger partial charge in [0.05, 0.1) is 9.79 Å². The molecule has 0 fully saturated rings. The minimum Gasteiger partial charge on any atom is -0.312 e. The van der Waals surface area contributed by atoms with Crippen LogP contribution >= 0.6 is 0 Å². The first-order chi connectivity index (χ1) is 13.1. The molecule has 8 nitrogen and oxygen atoms in total. The molecule has 150 valence electrons. The first kappa shape index (κ1) is 20.5. The van der Waals surface area contributed by atoms with E-state index in [4.69, 9.17) is 5.14 Å². The Hall–Kier alpha value is -2.27. The molecule has 3 N–H and O–H groups in total. The number of nitrogens with one attached hydrogen (secondary N) is 1. The zero-order valence-corrected chi connectivity index (χ0v) is 16.9. The molecule has 0 unspecified atom stereocenters. The molecular weight excluding hydrogens is 402 g/mol. The molecule has 0 saturated heterocycles. The zero-order chi connectivity index (χ0) is 20.5. The molecule has 0 saturated carbocycles. The highest BCUT2D eigenvalue weighted by molar-refractivity contribution is 7.89. The van der Waals surface area contributed by atoms with Crippen molar-refractivity contribution in [2.45, 2.75) is 29.6 Å². The summed E-state index contributed by atoms with van der Waals surface area (Å²) in [4.78, 5) is 13.4. The second kappa shape index (κ2) is 7.63. The van der Waals surface area contributed by atoms with Crippen LogP contribution in [0.1, 0.15) is 18.1 Å². The van der Waals surface area contributed by atoms with Crippen molar-refractivity contribution in [2.24, 2.45) is 5.14 Å². The van der Waals surface area contributed by atoms with Gasteiger partial charge in [-0.05, 0) is 54.3 Å². The number of nitrogens with two attached hydrogens (primary N) is 1. The maximum absolute atomic E-state index is 12.5. The summed E-state index contributed by atoms with van der Waals surface area (Å²) < 4.78 is 50.1. The fraction of sp³-hybridized carbons (Fsp3) is 0.278. The van der Waals surface area contributed by atoms with Crippen LogP contribution in [0.4, 0.5) is 5.69 Å². The molecule has 2 aromatic carbocycles. The molecule has 3 rings (SSSR count). The average molecular weight is 424 g/mol. The highest BCUT2D eigenvalue weighted by Crippen LogP contribution is 2.30. The van der Waals surface area contributed by atoms with Gasteiger partial charge in [-0.2, -0.15) is 0 Å². The van der Waals surface area contributed by atoms with E-state index in [1.807, 2.05) is 0 Å². The van der Waals surface area contributed by atoms with Crippen LogP contribution in [0, 0.1) is 0 Å². The van der Waals surface area contributed by atoms with Crippen LogP contribution in [-0.2, 0) is 37.7 Å². The summed E-state index contributed by atoms with van der Waals surface area (Å²) in [5.74, 6) is -0.0686. The lowest BCUT2D eigenvalue weighted by Gasteiger charge is -2.15. The topological polar surface area (TPSA) is 127 Å². The lowest BCUT2D eigenvalue weighted by atomic mass is 10.2. The van der Waals surface area contributed by atoms with Gasteiger partial charge in [0.25, 0.3) is 0 Å². The summed E-state index contributed by atoms with van der Waals surface area (Å²) in [6, 6.07) is 10.7. The van der Waals surface area contributed by atoms with Crippen molar-refractivity contribution in [2.75, 3.05) is 18.0 Å². The van der Waals surface area contributed by atoms with Crippen LogP contribution in [0.25, 0.3) is 0 Å². The van der Waals surface area contributed by atoms with E-state index in [0.717, 1.165) is 16.8 Å². The van der Waals surface area contributed by atoms with Crippen molar-refractivity contribution in [3.05, 3.63) is 53.6 Å². The first-order valence-electron chi connectivity index (χ1n) is 8.60. The molecule has 0 atom stereocenters. The van der Waals surface area contributed by atoms with E-state index in [9.17, 15) is 21.6 Å². The number of amides is 1. The van der Waals surface area contributed by atoms with Crippen LogP contribution < -0.4 is 14.8 Å². The van der Waals surface area contributed by atoms with Gasteiger partial charge in [0, 0.05) is 25.7 Å². The highest BCUT2D eigenvalue weighted by atomic mass is 32.2. The number of benzene rings is 2. The van der Waals surface area contributed by atoms with E-state index in [2.05, 4.69) is 4.72 Å². The summed E-state index contributed by atoms with van der Waals surface area (Å²) in [6.07, 6.45) is 1.02. The standard InChI is InChI=1S/C18H21N3O5S2/c1-13(22)21-11-9-15-12-17(6-7-18(15)21)28(25,26)20-10-8-14-2-4-16(5-3-14)27(19,23)24/h2-7,12,20H,8-11H2,1H3,(H2,19,23,24). The maximum atomic E-state index is 12.5. The van der Waals surface area contributed by atoms with E-state index in [0.29, 0.717) is 19.4 Å². The minimum absolute atomic E-state index is 0.00887. The van der Waals surface area contributed by atoms with Crippen molar-refractivity contribution in [3.63, 3.8) is 0 Å². The number of carbonyl (C=O) groups excluding carboxylic acids is 1. The summed E-state index contributed by atoms with van der Waals surface area (Å²) in [5, 5.41) is 5.05. The molecule has 2 aromatic rings. The molecule has 0 aliphatic carbocycles. The van der Waals surface area contributed by atoms with Gasteiger partial charge in [0.2, 0.25) is 26.0 Å².